The number of anilines is 1. The van der Waals surface area contributed by atoms with Crippen molar-refractivity contribution in [2.24, 2.45) is 0 Å². The van der Waals surface area contributed by atoms with Crippen LogP contribution in [-0.4, -0.2) is 15.9 Å². The summed E-state index contributed by atoms with van der Waals surface area (Å²) in [7, 11) is 0. The van der Waals surface area contributed by atoms with Gasteiger partial charge in [-0.3, -0.25) is 4.79 Å². The van der Waals surface area contributed by atoms with Crippen molar-refractivity contribution < 1.29 is 4.79 Å². The molecule has 4 aromatic rings. The van der Waals surface area contributed by atoms with Crippen molar-refractivity contribution in [3.8, 4) is 22.6 Å². The van der Waals surface area contributed by atoms with Crippen molar-refractivity contribution in [2.75, 3.05) is 5.32 Å². The van der Waals surface area contributed by atoms with E-state index in [9.17, 15) is 4.79 Å². The maximum absolute atomic E-state index is 12.9. The Morgan fingerprint density at radius 1 is 0.821 bits per heavy atom. The van der Waals surface area contributed by atoms with Crippen LogP contribution in [0.5, 0.6) is 0 Å². The summed E-state index contributed by atoms with van der Waals surface area (Å²) in [4.78, 5) is 21.2. The van der Waals surface area contributed by atoms with Gasteiger partial charge in [0.25, 0.3) is 0 Å². The molecule has 2 N–H and O–H groups in total. The number of aryl methyl sites for hydroxylation is 1. The summed E-state index contributed by atoms with van der Waals surface area (Å²) < 4.78 is 0. The molecule has 4 heteroatoms. The fourth-order valence-corrected chi connectivity index (χ4v) is 3.76. The van der Waals surface area contributed by atoms with Gasteiger partial charge in [0.2, 0.25) is 5.91 Å². The lowest BCUT2D eigenvalue weighted by molar-refractivity contribution is -0.116. The molecule has 5 rings (SSSR count). The van der Waals surface area contributed by atoms with Gasteiger partial charge in [0, 0.05) is 16.8 Å². The van der Waals surface area contributed by atoms with E-state index in [-0.39, 0.29) is 5.91 Å². The molecular weight excluding hydrogens is 346 g/mol. The average molecular weight is 365 g/mol. The van der Waals surface area contributed by atoms with Gasteiger partial charge in [-0.05, 0) is 18.6 Å². The first kappa shape index (κ1) is 16.5. The molecule has 0 bridgehead atoms. The van der Waals surface area contributed by atoms with Crippen LogP contribution in [0.3, 0.4) is 0 Å². The van der Waals surface area contributed by atoms with Crippen LogP contribution in [0.25, 0.3) is 22.6 Å². The number of aromatic nitrogens is 2. The first-order valence-corrected chi connectivity index (χ1v) is 9.33. The molecule has 1 atom stereocenters. The molecule has 0 saturated heterocycles. The number of carbonyl (C=O) groups is 1. The van der Waals surface area contributed by atoms with Crippen LogP contribution in [0.15, 0.2) is 78.9 Å². The Morgan fingerprint density at radius 3 is 2.32 bits per heavy atom. The van der Waals surface area contributed by atoms with E-state index < -0.39 is 5.92 Å². The van der Waals surface area contributed by atoms with E-state index in [0.717, 1.165) is 39.6 Å². The summed E-state index contributed by atoms with van der Waals surface area (Å²) in [5.41, 5.74) is 6.66. The molecule has 0 spiro atoms. The van der Waals surface area contributed by atoms with E-state index in [1.807, 2.05) is 54.6 Å². The molecule has 4 nitrogen and oxygen atoms in total. The quantitative estimate of drug-likeness (QED) is 0.528. The highest BCUT2D eigenvalue weighted by molar-refractivity contribution is 6.05. The summed E-state index contributed by atoms with van der Waals surface area (Å²) >= 11 is 0. The molecule has 0 aliphatic carbocycles. The topological polar surface area (TPSA) is 57.8 Å². The maximum Gasteiger partial charge on any atom is 0.238 e. The summed E-state index contributed by atoms with van der Waals surface area (Å²) in [6.45, 7) is 2.06. The Kier molecular flexibility index (Phi) is 3.83. The second-order valence-electron chi connectivity index (χ2n) is 7.09. The molecule has 0 radical (unpaired) electrons. The third-order valence-corrected chi connectivity index (χ3v) is 5.18. The first-order valence-electron chi connectivity index (χ1n) is 9.33. The second kappa shape index (κ2) is 6.50. The largest absolute Gasteiger partial charge is 0.340 e. The van der Waals surface area contributed by atoms with Gasteiger partial charge in [0.05, 0.1) is 11.4 Å². The standard InChI is InChI=1S/C24H19N3O/c1-15-11-13-16(14-12-15)21-22(27-23(26-21)17-7-3-2-4-8-17)20-18-9-5-6-10-19(18)25-24(20)28/h2-14,20H,1H3,(H,25,28)(H,26,27). The number of hydrogen-bond acceptors (Lipinski definition) is 2. The Morgan fingerprint density at radius 2 is 1.54 bits per heavy atom. The van der Waals surface area contributed by atoms with Gasteiger partial charge >= 0.3 is 0 Å². The van der Waals surface area contributed by atoms with Crippen molar-refractivity contribution in [3.63, 3.8) is 0 Å². The monoisotopic (exact) mass is 365 g/mol. The number of fused-ring (bicyclic) bond motifs is 1. The summed E-state index contributed by atoms with van der Waals surface area (Å²) in [6.07, 6.45) is 0. The zero-order valence-corrected chi connectivity index (χ0v) is 15.4. The lowest BCUT2D eigenvalue weighted by Gasteiger charge is -2.10. The smallest absolute Gasteiger partial charge is 0.238 e. The van der Waals surface area contributed by atoms with Crippen LogP contribution in [0.2, 0.25) is 0 Å². The molecule has 136 valence electrons. The van der Waals surface area contributed by atoms with Crippen molar-refractivity contribution in [1.29, 1.82) is 0 Å². The first-order chi connectivity index (χ1) is 13.7. The Balaban J connectivity index is 1.71. The molecule has 1 aromatic heterocycles. The third kappa shape index (κ3) is 2.70. The molecule has 1 unspecified atom stereocenters. The minimum absolute atomic E-state index is 0.0298. The van der Waals surface area contributed by atoms with Crippen LogP contribution >= 0.6 is 0 Å². The number of H-pyrrole nitrogens is 1. The summed E-state index contributed by atoms with van der Waals surface area (Å²) in [5.74, 6) is 0.332. The normalized spacial score (nSPS) is 15.3. The summed E-state index contributed by atoms with van der Waals surface area (Å²) in [5, 5.41) is 3.00. The fraction of sp³-hybridized carbons (Fsp3) is 0.0833. The Bertz CT molecular complexity index is 1160. The van der Waals surface area contributed by atoms with Gasteiger partial charge in [0.15, 0.2) is 0 Å². The predicted molar refractivity (Wildman–Crippen MR) is 111 cm³/mol. The number of carbonyl (C=O) groups excluding carboxylic acids is 1. The minimum atomic E-state index is -0.405. The minimum Gasteiger partial charge on any atom is -0.340 e. The van der Waals surface area contributed by atoms with Crippen LogP contribution in [0.4, 0.5) is 5.69 Å². The van der Waals surface area contributed by atoms with E-state index in [1.165, 1.54) is 5.56 Å². The Hall–Kier alpha value is -3.66. The zero-order valence-electron chi connectivity index (χ0n) is 15.4. The van der Waals surface area contributed by atoms with E-state index in [4.69, 9.17) is 4.98 Å². The van der Waals surface area contributed by atoms with Gasteiger partial charge in [0.1, 0.15) is 11.7 Å². The number of amides is 1. The zero-order chi connectivity index (χ0) is 19.1. The third-order valence-electron chi connectivity index (χ3n) is 5.18. The van der Waals surface area contributed by atoms with Gasteiger partial charge in [-0.25, -0.2) is 4.98 Å². The molecule has 1 aliphatic heterocycles. The van der Waals surface area contributed by atoms with Crippen molar-refractivity contribution in [3.05, 3.63) is 95.7 Å². The lowest BCUT2D eigenvalue weighted by atomic mass is 9.94. The van der Waals surface area contributed by atoms with Crippen molar-refractivity contribution in [1.82, 2.24) is 9.97 Å². The van der Waals surface area contributed by atoms with E-state index in [2.05, 4.69) is 41.5 Å². The van der Waals surface area contributed by atoms with Gasteiger partial charge in [-0.2, -0.15) is 0 Å². The number of nitrogens with zero attached hydrogens (tertiary/aromatic N) is 1. The number of aromatic amines is 1. The number of nitrogens with one attached hydrogen (secondary N) is 2. The van der Waals surface area contributed by atoms with E-state index in [1.54, 1.807) is 0 Å². The molecule has 1 aliphatic rings. The number of para-hydroxylation sites is 1. The molecule has 28 heavy (non-hydrogen) atoms. The van der Waals surface area contributed by atoms with Gasteiger partial charge in [-0.15, -0.1) is 0 Å². The van der Waals surface area contributed by atoms with Crippen LogP contribution in [0, 0.1) is 6.92 Å². The van der Waals surface area contributed by atoms with Crippen LogP contribution in [0.1, 0.15) is 22.7 Å². The number of benzene rings is 3. The predicted octanol–water partition coefficient (Wildman–Crippen LogP) is 5.14. The molecular formula is C24H19N3O. The highest BCUT2D eigenvalue weighted by Gasteiger charge is 2.35. The second-order valence-corrected chi connectivity index (χ2v) is 7.09. The number of hydrogen-bond donors (Lipinski definition) is 2. The van der Waals surface area contributed by atoms with Crippen molar-refractivity contribution >= 4 is 11.6 Å². The van der Waals surface area contributed by atoms with Gasteiger partial charge in [-0.1, -0.05) is 78.4 Å². The van der Waals surface area contributed by atoms with Crippen molar-refractivity contribution in [2.45, 2.75) is 12.8 Å². The highest BCUT2D eigenvalue weighted by atomic mass is 16.2. The molecule has 0 fully saturated rings. The highest BCUT2D eigenvalue weighted by Crippen LogP contribution is 2.40. The number of rotatable bonds is 3. The molecule has 2 heterocycles. The molecule has 3 aromatic carbocycles. The molecule has 1 amide bonds. The fourth-order valence-electron chi connectivity index (χ4n) is 3.76. The van der Waals surface area contributed by atoms with E-state index in [0.29, 0.717) is 0 Å². The van der Waals surface area contributed by atoms with Crippen LogP contribution < -0.4 is 5.32 Å². The summed E-state index contributed by atoms with van der Waals surface area (Å²) in [6, 6.07) is 26.1. The van der Waals surface area contributed by atoms with E-state index >= 15 is 0 Å². The number of imidazole rings is 1. The Labute approximate surface area is 163 Å². The SMILES string of the molecule is Cc1ccc(-c2nc(-c3ccccc3)[nH]c2C2C(=O)Nc3ccccc32)cc1. The molecule has 0 saturated carbocycles. The average Bonchev–Trinajstić information content (AvgIpc) is 3.29. The van der Waals surface area contributed by atoms with Crippen LogP contribution in [-0.2, 0) is 4.79 Å². The maximum atomic E-state index is 12.9. The lowest BCUT2D eigenvalue weighted by Crippen LogP contribution is -2.14. The van der Waals surface area contributed by atoms with Gasteiger partial charge < -0.3 is 10.3 Å².